The lowest BCUT2D eigenvalue weighted by Crippen LogP contribution is -2.35. The molecular weight excluding hydrogens is 300 g/mol. The summed E-state index contributed by atoms with van der Waals surface area (Å²) >= 11 is 3.36. The Morgan fingerprint density at radius 1 is 1.29 bits per heavy atom. The second-order valence-electron chi connectivity index (χ2n) is 4.73. The van der Waals surface area contributed by atoms with Crippen LogP contribution in [-0.2, 0) is 0 Å². The highest BCUT2D eigenvalue weighted by Gasteiger charge is 2.25. The molecule has 1 amide bonds. The quantitative estimate of drug-likeness (QED) is 0.677. The average Bonchev–Trinajstić information content (AvgIpc) is 2.53. The van der Waals surface area contributed by atoms with E-state index in [1.807, 2.05) is 53.6 Å². The van der Waals surface area contributed by atoms with Gasteiger partial charge in [0.2, 0.25) is 0 Å². The highest BCUT2D eigenvalue weighted by atomic mass is 32.2. The summed E-state index contributed by atoms with van der Waals surface area (Å²) in [6, 6.07) is 13.5. The van der Waals surface area contributed by atoms with Crippen molar-refractivity contribution in [2.45, 2.75) is 9.79 Å². The molecule has 3 nitrogen and oxygen atoms in total. The monoisotopic (exact) mass is 316 g/mol. The number of hydrogen-bond acceptors (Lipinski definition) is 4. The van der Waals surface area contributed by atoms with E-state index in [9.17, 15) is 4.79 Å². The lowest BCUT2D eigenvalue weighted by atomic mass is 10.1. The number of nitrogens with zero attached hydrogens (tertiary/aromatic N) is 1. The van der Waals surface area contributed by atoms with E-state index in [0.29, 0.717) is 12.2 Å². The van der Waals surface area contributed by atoms with Gasteiger partial charge in [-0.25, -0.2) is 0 Å². The second kappa shape index (κ2) is 6.03. The van der Waals surface area contributed by atoms with Crippen molar-refractivity contribution in [2.24, 2.45) is 0 Å². The molecule has 1 heterocycles. The Balaban J connectivity index is 2.02. The number of thioether (sulfide) groups is 2. The highest BCUT2D eigenvalue weighted by molar-refractivity contribution is 7.99. The number of hydrogen-bond donors (Lipinski definition) is 1. The lowest BCUT2D eigenvalue weighted by Gasteiger charge is -2.29. The number of nitrogen functional groups attached to an aromatic ring is 1. The standard InChI is InChI=1S/C16H16N2OS2/c1-20-14-5-3-2-4-12(14)16(19)18-8-9-21-15-7-6-11(17)10-13(15)18/h2-7,10H,8-9,17H2,1H3. The van der Waals surface area contributed by atoms with Crippen LogP contribution in [0.15, 0.2) is 52.3 Å². The predicted molar refractivity (Wildman–Crippen MR) is 91.5 cm³/mol. The van der Waals surface area contributed by atoms with Crippen molar-refractivity contribution in [3.05, 3.63) is 48.0 Å². The zero-order valence-electron chi connectivity index (χ0n) is 11.7. The summed E-state index contributed by atoms with van der Waals surface area (Å²) in [5.41, 5.74) is 8.25. The summed E-state index contributed by atoms with van der Waals surface area (Å²) < 4.78 is 0. The van der Waals surface area contributed by atoms with E-state index in [1.165, 1.54) is 0 Å². The van der Waals surface area contributed by atoms with Crippen LogP contribution in [0.1, 0.15) is 10.4 Å². The first-order chi connectivity index (χ1) is 10.2. The number of amides is 1. The van der Waals surface area contributed by atoms with Gasteiger partial charge in [0.25, 0.3) is 5.91 Å². The molecule has 0 spiro atoms. The molecule has 2 aromatic rings. The molecule has 2 N–H and O–H groups in total. The molecule has 5 heteroatoms. The van der Waals surface area contributed by atoms with Gasteiger partial charge in [0, 0.05) is 27.8 Å². The molecule has 21 heavy (non-hydrogen) atoms. The van der Waals surface area contributed by atoms with E-state index in [2.05, 4.69) is 0 Å². The number of anilines is 2. The SMILES string of the molecule is CSc1ccccc1C(=O)N1CCSc2ccc(N)cc21. The summed E-state index contributed by atoms with van der Waals surface area (Å²) in [5.74, 6) is 0.955. The Hall–Kier alpha value is -1.59. The number of rotatable bonds is 2. The van der Waals surface area contributed by atoms with Gasteiger partial charge in [-0.1, -0.05) is 12.1 Å². The molecule has 0 unspecified atom stereocenters. The summed E-state index contributed by atoms with van der Waals surface area (Å²) in [6.45, 7) is 0.711. The minimum absolute atomic E-state index is 0.0482. The van der Waals surface area contributed by atoms with E-state index in [1.54, 1.807) is 23.5 Å². The van der Waals surface area contributed by atoms with Crippen molar-refractivity contribution in [3.63, 3.8) is 0 Å². The largest absolute Gasteiger partial charge is 0.399 e. The molecule has 0 fully saturated rings. The van der Waals surface area contributed by atoms with Crippen LogP contribution in [0.2, 0.25) is 0 Å². The van der Waals surface area contributed by atoms with Crippen LogP contribution in [0.4, 0.5) is 11.4 Å². The molecule has 0 saturated heterocycles. The Labute approximate surface area is 132 Å². The van der Waals surface area contributed by atoms with Gasteiger partial charge in [0.15, 0.2) is 0 Å². The van der Waals surface area contributed by atoms with Crippen molar-refractivity contribution in [1.29, 1.82) is 0 Å². The molecule has 1 aliphatic heterocycles. The van der Waals surface area contributed by atoms with Gasteiger partial charge < -0.3 is 10.6 Å². The predicted octanol–water partition coefficient (Wildman–Crippen LogP) is 3.74. The van der Waals surface area contributed by atoms with Crippen LogP contribution < -0.4 is 10.6 Å². The molecule has 3 rings (SSSR count). The minimum atomic E-state index is 0.0482. The Morgan fingerprint density at radius 3 is 2.90 bits per heavy atom. The van der Waals surface area contributed by atoms with Gasteiger partial charge in [-0.2, -0.15) is 0 Å². The number of carbonyl (C=O) groups is 1. The molecule has 0 aromatic heterocycles. The van der Waals surface area contributed by atoms with Gasteiger partial charge in [-0.3, -0.25) is 4.79 Å². The first-order valence-electron chi connectivity index (χ1n) is 6.68. The molecule has 0 bridgehead atoms. The Kier molecular flexibility index (Phi) is 4.12. The van der Waals surface area contributed by atoms with Gasteiger partial charge in [0.05, 0.1) is 11.3 Å². The van der Waals surface area contributed by atoms with E-state index in [4.69, 9.17) is 5.73 Å². The van der Waals surface area contributed by atoms with E-state index in [0.717, 1.165) is 26.8 Å². The van der Waals surface area contributed by atoms with Crippen molar-refractivity contribution < 1.29 is 4.79 Å². The number of carbonyl (C=O) groups excluding carboxylic acids is 1. The van der Waals surface area contributed by atoms with Crippen LogP contribution in [-0.4, -0.2) is 24.5 Å². The third kappa shape index (κ3) is 2.76. The zero-order chi connectivity index (χ0) is 14.8. The number of benzene rings is 2. The Morgan fingerprint density at radius 2 is 2.10 bits per heavy atom. The molecule has 108 valence electrons. The van der Waals surface area contributed by atoms with Crippen molar-refractivity contribution >= 4 is 40.8 Å². The first kappa shape index (κ1) is 14.4. The molecular formula is C16H16N2OS2. The van der Waals surface area contributed by atoms with Crippen LogP contribution in [0, 0.1) is 0 Å². The van der Waals surface area contributed by atoms with Gasteiger partial charge >= 0.3 is 0 Å². The average molecular weight is 316 g/mol. The van der Waals surface area contributed by atoms with Gasteiger partial charge in [-0.15, -0.1) is 23.5 Å². The fourth-order valence-electron chi connectivity index (χ4n) is 2.41. The van der Waals surface area contributed by atoms with E-state index >= 15 is 0 Å². The van der Waals surface area contributed by atoms with E-state index < -0.39 is 0 Å². The second-order valence-corrected chi connectivity index (χ2v) is 6.72. The minimum Gasteiger partial charge on any atom is -0.399 e. The molecule has 0 atom stereocenters. The third-order valence-corrected chi connectivity index (χ3v) is 5.27. The van der Waals surface area contributed by atoms with Gasteiger partial charge in [-0.05, 0) is 36.6 Å². The van der Waals surface area contributed by atoms with Crippen LogP contribution in [0.3, 0.4) is 0 Å². The maximum atomic E-state index is 12.9. The fourth-order valence-corrected chi connectivity index (χ4v) is 3.98. The smallest absolute Gasteiger partial charge is 0.259 e. The topological polar surface area (TPSA) is 46.3 Å². The van der Waals surface area contributed by atoms with Crippen molar-refractivity contribution in [2.75, 3.05) is 29.2 Å². The Bertz CT molecular complexity index is 688. The first-order valence-corrected chi connectivity index (χ1v) is 8.89. The normalized spacial score (nSPS) is 13.9. The molecule has 0 saturated carbocycles. The van der Waals surface area contributed by atoms with Gasteiger partial charge in [0.1, 0.15) is 0 Å². The fraction of sp³-hybridized carbons (Fsp3) is 0.188. The summed E-state index contributed by atoms with van der Waals surface area (Å²) in [6.07, 6.45) is 1.99. The lowest BCUT2D eigenvalue weighted by molar-refractivity contribution is 0.0985. The summed E-state index contributed by atoms with van der Waals surface area (Å²) in [7, 11) is 0. The molecule has 1 aliphatic rings. The summed E-state index contributed by atoms with van der Waals surface area (Å²) in [4.78, 5) is 16.9. The maximum Gasteiger partial charge on any atom is 0.259 e. The van der Waals surface area contributed by atoms with Crippen molar-refractivity contribution in [1.82, 2.24) is 0 Å². The summed E-state index contributed by atoms with van der Waals surface area (Å²) in [5, 5.41) is 0. The molecule has 2 aromatic carbocycles. The van der Waals surface area contributed by atoms with Crippen LogP contribution >= 0.6 is 23.5 Å². The van der Waals surface area contributed by atoms with Crippen molar-refractivity contribution in [3.8, 4) is 0 Å². The van der Waals surface area contributed by atoms with Crippen LogP contribution in [0.25, 0.3) is 0 Å². The zero-order valence-corrected chi connectivity index (χ0v) is 13.3. The molecule has 0 aliphatic carbocycles. The van der Waals surface area contributed by atoms with E-state index in [-0.39, 0.29) is 5.91 Å². The maximum absolute atomic E-state index is 12.9. The highest BCUT2D eigenvalue weighted by Crippen LogP contribution is 2.37. The third-order valence-electron chi connectivity index (χ3n) is 3.43. The molecule has 0 radical (unpaired) electrons. The van der Waals surface area contributed by atoms with Crippen LogP contribution in [0.5, 0.6) is 0 Å². The number of nitrogens with two attached hydrogens (primary N) is 1. The number of fused-ring (bicyclic) bond motifs is 1.